The summed E-state index contributed by atoms with van der Waals surface area (Å²) in [5.41, 5.74) is 8.15. The van der Waals surface area contributed by atoms with Gasteiger partial charge in [-0.15, -0.1) is 0 Å². The Morgan fingerprint density at radius 2 is 1.87 bits per heavy atom. The van der Waals surface area contributed by atoms with Crippen LogP contribution in [0.2, 0.25) is 0 Å². The van der Waals surface area contributed by atoms with Crippen molar-refractivity contribution in [3.8, 4) is 0 Å². The van der Waals surface area contributed by atoms with Crippen LogP contribution in [0.4, 0.5) is 13.2 Å². The Hall–Kier alpha value is -1.61. The van der Waals surface area contributed by atoms with Crippen LogP contribution < -0.4 is 0 Å². The highest BCUT2D eigenvalue weighted by molar-refractivity contribution is 6.01. The van der Waals surface area contributed by atoms with Gasteiger partial charge in [-0.05, 0) is 25.5 Å². The topological polar surface area (TPSA) is 36.4 Å². The zero-order chi connectivity index (χ0) is 11.6. The van der Waals surface area contributed by atoms with Crippen LogP contribution in [0.1, 0.15) is 16.7 Å². The van der Waals surface area contributed by atoms with E-state index in [2.05, 4.69) is 4.79 Å². The molecule has 0 fully saturated rings. The van der Waals surface area contributed by atoms with Gasteiger partial charge >= 0.3 is 11.9 Å². The molecule has 0 unspecified atom stereocenters. The van der Waals surface area contributed by atoms with Crippen molar-refractivity contribution in [1.82, 2.24) is 0 Å². The Bertz CT molecular complexity index is 429. The lowest BCUT2D eigenvalue weighted by Gasteiger charge is -2.05. The minimum Gasteiger partial charge on any atom is -0.361 e. The van der Waals surface area contributed by atoms with Gasteiger partial charge in [0.25, 0.3) is 0 Å². The smallest absolute Gasteiger partial charge is 0.361 e. The molecule has 1 aromatic carbocycles. The second kappa shape index (κ2) is 3.87. The molecule has 1 aromatic rings. The molecule has 0 bridgehead atoms. The maximum Gasteiger partial charge on any atom is 0.495 e. The third kappa shape index (κ3) is 2.44. The second-order valence-corrected chi connectivity index (χ2v) is 3.26. The molecule has 0 amide bonds. The number of hydrogen-bond acceptors (Lipinski definition) is 0. The lowest BCUT2D eigenvalue weighted by atomic mass is 10.0. The summed E-state index contributed by atoms with van der Waals surface area (Å²) in [6.45, 7) is 3.21. The summed E-state index contributed by atoms with van der Waals surface area (Å²) in [7, 11) is 0. The molecule has 2 nitrogen and oxygen atoms in total. The first-order valence-corrected chi connectivity index (χ1v) is 4.23. The highest BCUT2D eigenvalue weighted by atomic mass is 19.4. The Kier molecular flexibility index (Phi) is 2.95. The van der Waals surface area contributed by atoms with Crippen molar-refractivity contribution in [2.24, 2.45) is 0 Å². The Morgan fingerprint density at radius 3 is 2.33 bits per heavy atom. The lowest BCUT2D eigenvalue weighted by molar-refractivity contribution is -0.111. The second-order valence-electron chi connectivity index (χ2n) is 3.26. The van der Waals surface area contributed by atoms with E-state index in [0.29, 0.717) is 11.1 Å². The number of halogens is 3. The van der Waals surface area contributed by atoms with E-state index in [-0.39, 0.29) is 5.56 Å². The number of aryl methyl sites for hydroxylation is 2. The van der Waals surface area contributed by atoms with E-state index in [1.807, 2.05) is 0 Å². The lowest BCUT2D eigenvalue weighted by Crippen LogP contribution is -2.25. The normalized spacial score (nSPS) is 11.0. The molecule has 15 heavy (non-hydrogen) atoms. The average molecular weight is 214 g/mol. The van der Waals surface area contributed by atoms with Gasteiger partial charge in [0.15, 0.2) is 0 Å². The van der Waals surface area contributed by atoms with E-state index in [1.165, 1.54) is 13.0 Å². The molecular formula is C10H9F3N2. The zero-order valence-electron chi connectivity index (χ0n) is 8.26. The molecule has 0 aromatic heterocycles. The first kappa shape index (κ1) is 11.5. The molecule has 0 atom stereocenters. The molecule has 0 heterocycles. The molecule has 0 aliphatic carbocycles. The van der Waals surface area contributed by atoms with E-state index < -0.39 is 11.9 Å². The minimum atomic E-state index is -4.65. The van der Waals surface area contributed by atoms with Crippen LogP contribution in [-0.4, -0.2) is 16.7 Å². The van der Waals surface area contributed by atoms with E-state index in [0.717, 1.165) is 0 Å². The van der Waals surface area contributed by atoms with Gasteiger partial charge in [0.1, 0.15) is 0 Å². The summed E-state index contributed by atoms with van der Waals surface area (Å²) in [6.07, 6.45) is -4.65. The standard InChI is InChI=1S/C10H9F3N2/c1-6-3-4-7(2)8(5-6)9(15-14)10(11,12)13/h3-5H,1-2H3. The maximum atomic E-state index is 12.4. The predicted octanol–water partition coefficient (Wildman–Crippen LogP) is 2.88. The van der Waals surface area contributed by atoms with Gasteiger partial charge < -0.3 is 5.53 Å². The van der Waals surface area contributed by atoms with Crippen LogP contribution in [0.25, 0.3) is 5.53 Å². The summed E-state index contributed by atoms with van der Waals surface area (Å²) >= 11 is 0. The number of hydrogen-bond donors (Lipinski definition) is 0. The zero-order valence-corrected chi connectivity index (χ0v) is 8.26. The Labute approximate surface area is 85.0 Å². The van der Waals surface area contributed by atoms with Crippen LogP contribution in [0.15, 0.2) is 18.2 Å². The number of alkyl halides is 3. The van der Waals surface area contributed by atoms with Gasteiger partial charge in [0.05, 0.1) is 5.56 Å². The number of nitrogens with zero attached hydrogens (tertiary/aromatic N) is 2. The van der Waals surface area contributed by atoms with Gasteiger partial charge in [0, 0.05) is 0 Å². The number of rotatable bonds is 1. The molecule has 1 rings (SSSR count). The highest BCUT2D eigenvalue weighted by Crippen LogP contribution is 2.23. The van der Waals surface area contributed by atoms with Crippen molar-refractivity contribution in [2.75, 3.05) is 0 Å². The van der Waals surface area contributed by atoms with Crippen molar-refractivity contribution < 1.29 is 18.0 Å². The van der Waals surface area contributed by atoms with Crippen molar-refractivity contribution >= 4 is 5.71 Å². The van der Waals surface area contributed by atoms with E-state index in [1.54, 1.807) is 19.1 Å². The van der Waals surface area contributed by atoms with Crippen molar-refractivity contribution in [3.63, 3.8) is 0 Å². The van der Waals surface area contributed by atoms with Crippen LogP contribution in [0.5, 0.6) is 0 Å². The predicted molar refractivity (Wildman–Crippen MR) is 49.7 cm³/mol. The van der Waals surface area contributed by atoms with E-state index in [4.69, 9.17) is 5.53 Å². The van der Waals surface area contributed by atoms with Crippen molar-refractivity contribution in [2.45, 2.75) is 20.0 Å². The molecule has 0 saturated heterocycles. The van der Waals surface area contributed by atoms with Gasteiger partial charge in [-0.25, -0.2) is 0 Å². The largest absolute Gasteiger partial charge is 0.495 e. The summed E-state index contributed by atoms with van der Waals surface area (Å²) in [4.78, 5) is 2.32. The molecule has 0 aliphatic rings. The monoisotopic (exact) mass is 214 g/mol. The van der Waals surface area contributed by atoms with Crippen LogP contribution in [-0.2, 0) is 0 Å². The summed E-state index contributed by atoms with van der Waals surface area (Å²) < 4.78 is 37.3. The Morgan fingerprint density at radius 1 is 1.27 bits per heavy atom. The molecule has 0 N–H and O–H groups in total. The molecular weight excluding hydrogens is 205 g/mol. The van der Waals surface area contributed by atoms with Crippen LogP contribution in [0.3, 0.4) is 0 Å². The molecule has 0 spiro atoms. The van der Waals surface area contributed by atoms with Crippen LogP contribution in [0, 0.1) is 13.8 Å². The fourth-order valence-electron chi connectivity index (χ4n) is 1.25. The number of benzene rings is 1. The fraction of sp³-hybridized carbons (Fsp3) is 0.300. The van der Waals surface area contributed by atoms with Gasteiger partial charge in [-0.2, -0.15) is 18.0 Å². The molecule has 0 aliphatic heterocycles. The van der Waals surface area contributed by atoms with Gasteiger partial charge in [-0.3, -0.25) is 0 Å². The third-order valence-corrected chi connectivity index (χ3v) is 2.02. The third-order valence-electron chi connectivity index (χ3n) is 2.02. The first-order chi connectivity index (χ1) is 6.86. The quantitative estimate of drug-likeness (QED) is 0.391. The van der Waals surface area contributed by atoms with Gasteiger partial charge in [0.2, 0.25) is 0 Å². The molecule has 5 heteroatoms. The Balaban J connectivity index is 3.38. The van der Waals surface area contributed by atoms with Crippen LogP contribution >= 0.6 is 0 Å². The highest BCUT2D eigenvalue weighted by Gasteiger charge is 2.45. The van der Waals surface area contributed by atoms with Crippen molar-refractivity contribution in [1.29, 1.82) is 0 Å². The summed E-state index contributed by atoms with van der Waals surface area (Å²) in [5.74, 6) is 0. The van der Waals surface area contributed by atoms with E-state index >= 15 is 0 Å². The maximum absolute atomic E-state index is 12.4. The first-order valence-electron chi connectivity index (χ1n) is 4.23. The summed E-state index contributed by atoms with van der Waals surface area (Å²) in [6, 6.07) is 4.60. The van der Waals surface area contributed by atoms with E-state index in [9.17, 15) is 13.2 Å². The SMILES string of the molecule is Cc1ccc(C)c(C(=[N+]=[N-])C(F)(F)F)c1. The van der Waals surface area contributed by atoms with Gasteiger partial charge in [-0.1, -0.05) is 17.7 Å². The fourth-order valence-corrected chi connectivity index (χ4v) is 1.25. The molecule has 80 valence electrons. The average Bonchev–Trinajstić information content (AvgIpc) is 2.10. The molecule has 0 radical (unpaired) electrons. The van der Waals surface area contributed by atoms with Crippen molar-refractivity contribution in [3.05, 3.63) is 40.4 Å². The minimum absolute atomic E-state index is 0.0926. The summed E-state index contributed by atoms with van der Waals surface area (Å²) in [5, 5.41) is 0. The molecule has 0 saturated carbocycles.